The molecule has 0 saturated carbocycles. The second-order valence-corrected chi connectivity index (χ2v) is 7.66. The molecule has 0 atom stereocenters. The monoisotopic (exact) mass is 486 g/mol. The van der Waals surface area contributed by atoms with Gasteiger partial charge in [-0.2, -0.15) is 13.2 Å². The lowest BCUT2D eigenvalue weighted by atomic mass is 9.98. The zero-order valence-corrected chi connectivity index (χ0v) is 18.7. The molecule has 35 heavy (non-hydrogen) atoms. The summed E-state index contributed by atoms with van der Waals surface area (Å²) in [6.07, 6.45) is -4.48. The van der Waals surface area contributed by atoms with Gasteiger partial charge >= 0.3 is 12.1 Å². The Hall–Kier alpha value is -4.34. The van der Waals surface area contributed by atoms with Gasteiger partial charge < -0.3 is 20.1 Å². The summed E-state index contributed by atoms with van der Waals surface area (Å²) in [5.74, 6) is -2.12. The van der Waals surface area contributed by atoms with Gasteiger partial charge in [0.1, 0.15) is 5.75 Å². The summed E-state index contributed by atoms with van der Waals surface area (Å²) in [4.78, 5) is 37.9. The number of nitrogens with one attached hydrogen (secondary N) is 1. The van der Waals surface area contributed by atoms with Crippen LogP contribution in [0.25, 0.3) is 11.1 Å². The molecule has 2 amide bonds. The van der Waals surface area contributed by atoms with Crippen LogP contribution in [0.3, 0.4) is 0 Å². The predicted molar refractivity (Wildman–Crippen MR) is 122 cm³/mol. The van der Waals surface area contributed by atoms with E-state index in [-0.39, 0.29) is 22.6 Å². The Kier molecular flexibility index (Phi) is 7.43. The Morgan fingerprint density at radius 3 is 2.20 bits per heavy atom. The van der Waals surface area contributed by atoms with Crippen molar-refractivity contribution in [3.05, 3.63) is 83.4 Å². The van der Waals surface area contributed by atoms with Crippen LogP contribution in [-0.4, -0.2) is 48.5 Å². The maximum Gasteiger partial charge on any atom is 0.416 e. The molecule has 182 valence electrons. The third-order valence-corrected chi connectivity index (χ3v) is 4.93. The van der Waals surface area contributed by atoms with E-state index in [1.54, 1.807) is 18.2 Å². The Labute approximate surface area is 198 Å². The number of ether oxygens (including phenoxy) is 1. The van der Waals surface area contributed by atoms with Gasteiger partial charge in [-0.25, -0.2) is 4.79 Å². The first-order valence-corrected chi connectivity index (χ1v) is 10.3. The molecule has 0 unspecified atom stereocenters. The summed E-state index contributed by atoms with van der Waals surface area (Å²) >= 11 is 0. The molecule has 0 fully saturated rings. The minimum Gasteiger partial charge on any atom is -0.482 e. The van der Waals surface area contributed by atoms with Gasteiger partial charge in [0.25, 0.3) is 11.8 Å². The lowest BCUT2D eigenvalue weighted by molar-refractivity contribution is -0.139. The van der Waals surface area contributed by atoms with Crippen molar-refractivity contribution in [3.63, 3.8) is 0 Å². The topological polar surface area (TPSA) is 95.9 Å². The number of benzene rings is 3. The van der Waals surface area contributed by atoms with E-state index in [0.29, 0.717) is 11.1 Å². The fourth-order valence-electron chi connectivity index (χ4n) is 3.25. The van der Waals surface area contributed by atoms with Crippen LogP contribution >= 0.6 is 0 Å². The molecule has 7 nitrogen and oxygen atoms in total. The summed E-state index contributed by atoms with van der Waals surface area (Å²) in [6.45, 7) is -0.609. The molecule has 10 heteroatoms. The van der Waals surface area contributed by atoms with Crippen molar-refractivity contribution >= 4 is 23.5 Å². The van der Waals surface area contributed by atoms with E-state index in [4.69, 9.17) is 9.84 Å². The molecule has 0 aliphatic heterocycles. The van der Waals surface area contributed by atoms with Gasteiger partial charge in [0.05, 0.1) is 16.8 Å². The van der Waals surface area contributed by atoms with Gasteiger partial charge in [0.15, 0.2) is 6.61 Å². The second-order valence-electron chi connectivity index (χ2n) is 7.66. The third-order valence-electron chi connectivity index (χ3n) is 4.93. The normalized spacial score (nSPS) is 11.0. The van der Waals surface area contributed by atoms with Gasteiger partial charge in [-0.05, 0) is 47.5 Å². The molecule has 0 aliphatic carbocycles. The maximum absolute atomic E-state index is 13.2. The van der Waals surface area contributed by atoms with Crippen LogP contribution in [0.15, 0.2) is 66.7 Å². The Morgan fingerprint density at radius 1 is 0.943 bits per heavy atom. The maximum atomic E-state index is 13.2. The summed E-state index contributed by atoms with van der Waals surface area (Å²) in [5, 5.41) is 11.5. The van der Waals surface area contributed by atoms with Crippen molar-refractivity contribution < 1.29 is 37.4 Å². The molecular formula is C25H21F3N2O5. The summed E-state index contributed by atoms with van der Waals surface area (Å²) in [6, 6.07) is 15.0. The molecule has 3 aromatic carbocycles. The lowest BCUT2D eigenvalue weighted by Gasteiger charge is -2.17. The van der Waals surface area contributed by atoms with Crippen LogP contribution in [0.1, 0.15) is 26.3 Å². The van der Waals surface area contributed by atoms with Crippen LogP contribution in [-0.2, 0) is 11.0 Å². The number of carbonyl (C=O) groups excluding carboxylic acids is 2. The first-order chi connectivity index (χ1) is 16.5. The molecular weight excluding hydrogens is 465 g/mol. The predicted octanol–water partition coefficient (Wildman–Crippen LogP) is 4.79. The number of hydrogen-bond donors (Lipinski definition) is 2. The molecule has 0 heterocycles. The van der Waals surface area contributed by atoms with Crippen LogP contribution in [0, 0.1) is 0 Å². The van der Waals surface area contributed by atoms with E-state index in [0.717, 1.165) is 12.1 Å². The average Bonchev–Trinajstić information content (AvgIpc) is 2.82. The second kappa shape index (κ2) is 10.3. The Morgan fingerprint density at radius 2 is 1.60 bits per heavy atom. The molecule has 0 saturated heterocycles. The smallest absolute Gasteiger partial charge is 0.416 e. The number of carboxylic acids is 1. The minimum absolute atomic E-state index is 0.0678. The van der Waals surface area contributed by atoms with Crippen molar-refractivity contribution in [2.24, 2.45) is 0 Å². The van der Waals surface area contributed by atoms with Crippen LogP contribution < -0.4 is 10.1 Å². The van der Waals surface area contributed by atoms with E-state index in [1.165, 1.54) is 55.4 Å². The molecule has 3 aromatic rings. The number of nitrogens with zero attached hydrogens (tertiary/aromatic N) is 1. The average molecular weight is 486 g/mol. The van der Waals surface area contributed by atoms with E-state index >= 15 is 0 Å². The number of alkyl halides is 3. The number of amides is 2. The number of anilines is 1. The first-order valence-electron chi connectivity index (χ1n) is 10.3. The molecule has 0 radical (unpaired) electrons. The van der Waals surface area contributed by atoms with Gasteiger partial charge in [-0.15, -0.1) is 0 Å². The highest BCUT2D eigenvalue weighted by atomic mass is 19.4. The molecule has 0 spiro atoms. The van der Waals surface area contributed by atoms with E-state index in [1.807, 2.05) is 0 Å². The summed E-state index contributed by atoms with van der Waals surface area (Å²) < 4.78 is 43.9. The fourth-order valence-corrected chi connectivity index (χ4v) is 3.25. The van der Waals surface area contributed by atoms with Gasteiger partial charge in [0, 0.05) is 19.7 Å². The standard InChI is InChI=1S/C25H21F3N2O5/c1-30(2)24(34)20-13-17(35-14-22(31)32)11-12-21(20)29-23(33)19-6-4-3-5-18(19)15-7-9-16(10-8-15)25(26,27)28/h3-13H,14H2,1-2H3,(H,29,33)(H,31,32). The largest absolute Gasteiger partial charge is 0.482 e. The number of carbonyl (C=O) groups is 3. The van der Waals surface area contributed by atoms with Crippen LogP contribution in [0.4, 0.5) is 18.9 Å². The highest BCUT2D eigenvalue weighted by Crippen LogP contribution is 2.32. The molecule has 3 rings (SSSR count). The summed E-state index contributed by atoms with van der Waals surface area (Å²) in [5.41, 5.74) is 0.408. The summed E-state index contributed by atoms with van der Waals surface area (Å²) in [7, 11) is 3.03. The van der Waals surface area contributed by atoms with Gasteiger partial charge in [-0.3, -0.25) is 9.59 Å². The van der Waals surface area contributed by atoms with E-state index < -0.39 is 36.1 Å². The number of hydrogen-bond acceptors (Lipinski definition) is 4. The van der Waals surface area contributed by atoms with Crippen LogP contribution in [0.5, 0.6) is 5.75 Å². The number of rotatable bonds is 7. The lowest BCUT2D eigenvalue weighted by Crippen LogP contribution is -2.24. The highest BCUT2D eigenvalue weighted by molar-refractivity contribution is 6.11. The zero-order valence-electron chi connectivity index (χ0n) is 18.7. The molecule has 2 N–H and O–H groups in total. The van der Waals surface area contributed by atoms with Crippen molar-refractivity contribution in [2.75, 3.05) is 26.0 Å². The minimum atomic E-state index is -4.48. The Bertz CT molecular complexity index is 1250. The zero-order chi connectivity index (χ0) is 25.8. The molecule has 0 bridgehead atoms. The first kappa shape index (κ1) is 25.3. The van der Waals surface area contributed by atoms with E-state index in [9.17, 15) is 27.6 Å². The van der Waals surface area contributed by atoms with Crippen molar-refractivity contribution in [1.82, 2.24) is 4.90 Å². The Balaban J connectivity index is 1.94. The van der Waals surface area contributed by atoms with Gasteiger partial charge in [0.2, 0.25) is 0 Å². The number of carboxylic acid groups (broad SMARTS) is 1. The number of halogens is 3. The van der Waals surface area contributed by atoms with Crippen molar-refractivity contribution in [3.8, 4) is 16.9 Å². The highest BCUT2D eigenvalue weighted by Gasteiger charge is 2.30. The van der Waals surface area contributed by atoms with Crippen molar-refractivity contribution in [1.29, 1.82) is 0 Å². The van der Waals surface area contributed by atoms with Crippen molar-refractivity contribution in [2.45, 2.75) is 6.18 Å². The van der Waals surface area contributed by atoms with E-state index in [2.05, 4.69) is 5.32 Å². The molecule has 0 aromatic heterocycles. The van der Waals surface area contributed by atoms with Gasteiger partial charge in [-0.1, -0.05) is 30.3 Å². The quantitative estimate of drug-likeness (QED) is 0.501. The van der Waals surface area contributed by atoms with Crippen LogP contribution in [0.2, 0.25) is 0 Å². The fraction of sp³-hybridized carbons (Fsp3) is 0.160. The SMILES string of the molecule is CN(C)C(=O)c1cc(OCC(=O)O)ccc1NC(=O)c1ccccc1-c1ccc(C(F)(F)F)cc1. The third kappa shape index (κ3) is 6.17. The molecule has 0 aliphatic rings. The number of aliphatic carboxylic acids is 1.